The topological polar surface area (TPSA) is 38.8 Å². The minimum Gasteiger partial charge on any atom is -0.457 e. The number of hydrogen-bond donors (Lipinski definition) is 0. The van der Waals surface area contributed by atoms with Gasteiger partial charge in [0, 0.05) is 20.2 Å². The molecule has 0 bridgehead atoms. The van der Waals surface area contributed by atoms with Crippen LogP contribution in [0.3, 0.4) is 0 Å². The Bertz CT molecular complexity index is 818. The van der Waals surface area contributed by atoms with E-state index in [2.05, 4.69) is 5.38 Å². The van der Waals surface area contributed by atoms with Crippen molar-refractivity contribution in [3.8, 4) is 11.5 Å². The highest BCUT2D eigenvalue weighted by Gasteiger charge is 2.20. The van der Waals surface area contributed by atoms with E-state index in [1.54, 1.807) is 29.4 Å². The predicted molar refractivity (Wildman–Crippen MR) is 104 cm³/mol. The summed E-state index contributed by atoms with van der Waals surface area (Å²) in [6.07, 6.45) is 0. The highest BCUT2D eigenvalue weighted by atomic mass is 32.1. The number of ether oxygens (including phenoxy) is 2. The third-order valence-electron chi connectivity index (χ3n) is 3.89. The molecule has 1 aromatic heterocycles. The number of hydrogen-bond acceptors (Lipinski definition) is 4. The zero-order valence-corrected chi connectivity index (χ0v) is 15.4. The van der Waals surface area contributed by atoms with Crippen LogP contribution in [0, 0.1) is 0 Å². The zero-order valence-electron chi connectivity index (χ0n) is 14.6. The van der Waals surface area contributed by atoms with Crippen LogP contribution < -0.4 is 4.74 Å². The lowest BCUT2D eigenvalue weighted by Crippen LogP contribution is -2.33. The van der Waals surface area contributed by atoms with Gasteiger partial charge in [-0.25, -0.2) is 0 Å². The van der Waals surface area contributed by atoms with Crippen LogP contribution in [0.25, 0.3) is 0 Å². The van der Waals surface area contributed by atoms with E-state index in [4.69, 9.17) is 9.47 Å². The molecule has 0 aliphatic rings. The summed E-state index contributed by atoms with van der Waals surface area (Å²) in [7, 11) is 1.64. The van der Waals surface area contributed by atoms with Crippen molar-refractivity contribution in [1.82, 2.24) is 4.90 Å². The Morgan fingerprint density at radius 1 is 1.04 bits per heavy atom. The molecular formula is C21H21NO3S. The molecule has 1 heterocycles. The van der Waals surface area contributed by atoms with Gasteiger partial charge in [-0.3, -0.25) is 4.79 Å². The van der Waals surface area contributed by atoms with Crippen LogP contribution in [-0.2, 0) is 11.3 Å². The molecule has 3 aromatic rings. The van der Waals surface area contributed by atoms with Gasteiger partial charge in [-0.2, -0.15) is 11.3 Å². The van der Waals surface area contributed by atoms with E-state index in [-0.39, 0.29) is 5.91 Å². The van der Waals surface area contributed by atoms with E-state index >= 15 is 0 Å². The highest BCUT2D eigenvalue weighted by molar-refractivity contribution is 7.07. The Morgan fingerprint density at radius 3 is 2.54 bits per heavy atom. The molecule has 5 heteroatoms. The van der Waals surface area contributed by atoms with Crippen LogP contribution in [0.5, 0.6) is 11.5 Å². The van der Waals surface area contributed by atoms with E-state index in [1.807, 2.05) is 60.0 Å². The van der Waals surface area contributed by atoms with Gasteiger partial charge in [0.05, 0.1) is 12.2 Å². The SMILES string of the molecule is COCCN(Cc1ccsc1)C(=O)c1ccccc1Oc1ccccc1. The number of thiophene rings is 1. The van der Waals surface area contributed by atoms with E-state index in [1.165, 1.54) is 0 Å². The quantitative estimate of drug-likeness (QED) is 0.572. The third kappa shape index (κ3) is 4.71. The van der Waals surface area contributed by atoms with Crippen molar-refractivity contribution in [2.45, 2.75) is 6.54 Å². The van der Waals surface area contributed by atoms with Gasteiger partial charge in [-0.1, -0.05) is 30.3 Å². The smallest absolute Gasteiger partial charge is 0.258 e. The molecule has 0 unspecified atom stereocenters. The first-order valence-corrected chi connectivity index (χ1v) is 9.33. The summed E-state index contributed by atoms with van der Waals surface area (Å²) < 4.78 is 11.1. The van der Waals surface area contributed by atoms with Gasteiger partial charge >= 0.3 is 0 Å². The number of carbonyl (C=O) groups is 1. The van der Waals surface area contributed by atoms with Crippen molar-refractivity contribution in [3.63, 3.8) is 0 Å². The summed E-state index contributed by atoms with van der Waals surface area (Å²) in [6.45, 7) is 1.55. The normalized spacial score (nSPS) is 10.5. The van der Waals surface area contributed by atoms with Crippen LogP contribution in [0.1, 0.15) is 15.9 Å². The van der Waals surface area contributed by atoms with Crippen molar-refractivity contribution in [2.24, 2.45) is 0 Å². The van der Waals surface area contributed by atoms with Gasteiger partial charge in [0.15, 0.2) is 0 Å². The fourth-order valence-corrected chi connectivity index (χ4v) is 3.23. The number of carbonyl (C=O) groups excluding carboxylic acids is 1. The first-order valence-electron chi connectivity index (χ1n) is 8.39. The van der Waals surface area contributed by atoms with E-state index < -0.39 is 0 Å². The molecule has 3 rings (SSSR count). The number of methoxy groups -OCH3 is 1. The molecule has 0 spiro atoms. The lowest BCUT2D eigenvalue weighted by Gasteiger charge is -2.23. The van der Waals surface area contributed by atoms with Crippen molar-refractivity contribution < 1.29 is 14.3 Å². The van der Waals surface area contributed by atoms with Crippen molar-refractivity contribution in [1.29, 1.82) is 0 Å². The summed E-state index contributed by atoms with van der Waals surface area (Å²) in [5, 5.41) is 4.07. The summed E-state index contributed by atoms with van der Waals surface area (Å²) >= 11 is 1.62. The maximum atomic E-state index is 13.2. The molecule has 0 saturated carbocycles. The number of rotatable bonds is 8. The molecule has 134 valence electrons. The van der Waals surface area contributed by atoms with E-state index in [0.29, 0.717) is 36.8 Å². The average Bonchev–Trinajstić information content (AvgIpc) is 3.19. The van der Waals surface area contributed by atoms with E-state index in [0.717, 1.165) is 5.56 Å². The van der Waals surface area contributed by atoms with Crippen LogP contribution >= 0.6 is 11.3 Å². The fraction of sp³-hybridized carbons (Fsp3) is 0.190. The number of benzene rings is 2. The molecule has 0 N–H and O–H groups in total. The molecule has 0 radical (unpaired) electrons. The Balaban J connectivity index is 1.84. The molecule has 0 fully saturated rings. The van der Waals surface area contributed by atoms with Gasteiger partial charge in [0.1, 0.15) is 11.5 Å². The first-order chi connectivity index (χ1) is 12.8. The minimum absolute atomic E-state index is 0.0696. The monoisotopic (exact) mass is 367 g/mol. The van der Waals surface area contributed by atoms with Crippen LogP contribution in [0.2, 0.25) is 0 Å². The summed E-state index contributed by atoms with van der Waals surface area (Å²) in [4.78, 5) is 15.0. The van der Waals surface area contributed by atoms with Crippen molar-refractivity contribution >= 4 is 17.2 Å². The van der Waals surface area contributed by atoms with Gasteiger partial charge in [-0.05, 0) is 46.7 Å². The molecule has 1 amide bonds. The molecule has 4 nitrogen and oxygen atoms in total. The molecule has 0 aliphatic heterocycles. The Hall–Kier alpha value is -2.63. The van der Waals surface area contributed by atoms with E-state index in [9.17, 15) is 4.79 Å². The summed E-state index contributed by atoms with van der Waals surface area (Å²) in [5.41, 5.74) is 1.66. The molecular weight excluding hydrogens is 346 g/mol. The average molecular weight is 367 g/mol. The van der Waals surface area contributed by atoms with Crippen LogP contribution in [0.4, 0.5) is 0 Å². The van der Waals surface area contributed by atoms with Gasteiger partial charge in [-0.15, -0.1) is 0 Å². The largest absolute Gasteiger partial charge is 0.457 e. The van der Waals surface area contributed by atoms with Gasteiger partial charge in [0.2, 0.25) is 0 Å². The van der Waals surface area contributed by atoms with Crippen LogP contribution in [-0.4, -0.2) is 31.1 Å². The second kappa shape index (κ2) is 9.17. The Kier molecular flexibility index (Phi) is 6.41. The lowest BCUT2D eigenvalue weighted by molar-refractivity contribution is 0.0678. The van der Waals surface area contributed by atoms with Gasteiger partial charge < -0.3 is 14.4 Å². The molecule has 0 saturated heterocycles. The zero-order chi connectivity index (χ0) is 18.2. The molecule has 0 atom stereocenters. The summed E-state index contributed by atoms with van der Waals surface area (Å²) in [5.74, 6) is 1.19. The fourth-order valence-electron chi connectivity index (χ4n) is 2.58. The summed E-state index contributed by atoms with van der Waals surface area (Å²) in [6, 6.07) is 18.8. The first kappa shape index (κ1) is 18.2. The maximum Gasteiger partial charge on any atom is 0.258 e. The second-order valence-corrected chi connectivity index (χ2v) is 6.54. The molecule has 2 aromatic carbocycles. The number of amides is 1. The number of para-hydroxylation sites is 2. The third-order valence-corrected chi connectivity index (χ3v) is 4.63. The minimum atomic E-state index is -0.0696. The highest BCUT2D eigenvalue weighted by Crippen LogP contribution is 2.26. The van der Waals surface area contributed by atoms with Crippen molar-refractivity contribution in [2.75, 3.05) is 20.3 Å². The number of nitrogens with zero attached hydrogens (tertiary/aromatic N) is 1. The lowest BCUT2D eigenvalue weighted by atomic mass is 10.1. The predicted octanol–water partition coefficient (Wildman–Crippen LogP) is 4.83. The second-order valence-electron chi connectivity index (χ2n) is 5.76. The van der Waals surface area contributed by atoms with Crippen LogP contribution in [0.15, 0.2) is 71.4 Å². The van der Waals surface area contributed by atoms with Crippen molar-refractivity contribution in [3.05, 3.63) is 82.6 Å². The standard InChI is InChI=1S/C21H21NO3S/c1-24-13-12-22(15-17-11-14-26-16-17)21(23)19-9-5-6-10-20(19)25-18-7-3-2-4-8-18/h2-11,14,16H,12-13,15H2,1H3. The van der Waals surface area contributed by atoms with Gasteiger partial charge in [0.25, 0.3) is 5.91 Å². The Labute approximate surface area is 157 Å². The molecule has 0 aliphatic carbocycles. The maximum absolute atomic E-state index is 13.2. The molecule has 26 heavy (non-hydrogen) atoms. The Morgan fingerprint density at radius 2 is 1.81 bits per heavy atom.